The minimum atomic E-state index is 0.125. The molecule has 2 heterocycles. The number of amides is 1. The second-order valence-corrected chi connectivity index (χ2v) is 8.72. The van der Waals surface area contributed by atoms with Crippen LogP contribution in [0.1, 0.15) is 64.6 Å². The van der Waals surface area contributed by atoms with Crippen molar-refractivity contribution in [1.82, 2.24) is 14.8 Å². The molecular weight excluding hydrogens is 318 g/mol. The number of hydrogen-bond donors (Lipinski definition) is 0. The van der Waals surface area contributed by atoms with Crippen molar-refractivity contribution < 1.29 is 4.79 Å². The number of aromatic nitrogens is 1. The number of thiazole rings is 1. The normalized spacial score (nSPS) is 17.3. The molecule has 0 saturated carbocycles. The summed E-state index contributed by atoms with van der Waals surface area (Å²) in [5, 5.41) is 3.40. The Morgan fingerprint density at radius 2 is 1.92 bits per heavy atom. The SMILES string of the molecule is CCC(CC)C(=O)N1CCCN(Cc2csc(C(C)(C)C)n2)CC1. The van der Waals surface area contributed by atoms with E-state index < -0.39 is 0 Å². The summed E-state index contributed by atoms with van der Waals surface area (Å²) in [5.41, 5.74) is 1.30. The first-order valence-electron chi connectivity index (χ1n) is 9.31. The smallest absolute Gasteiger partial charge is 0.225 e. The molecule has 0 aliphatic carbocycles. The van der Waals surface area contributed by atoms with Gasteiger partial charge >= 0.3 is 0 Å². The highest BCUT2D eigenvalue weighted by molar-refractivity contribution is 7.09. The van der Waals surface area contributed by atoms with Crippen molar-refractivity contribution in [2.75, 3.05) is 26.2 Å². The van der Waals surface area contributed by atoms with Crippen molar-refractivity contribution >= 4 is 17.2 Å². The predicted octanol–water partition coefficient (Wildman–Crippen LogP) is 3.91. The molecule has 24 heavy (non-hydrogen) atoms. The van der Waals surface area contributed by atoms with Gasteiger partial charge in [-0.2, -0.15) is 0 Å². The largest absolute Gasteiger partial charge is 0.341 e. The molecule has 0 atom stereocenters. The van der Waals surface area contributed by atoms with E-state index in [0.29, 0.717) is 5.91 Å². The second-order valence-electron chi connectivity index (χ2n) is 7.86. The lowest BCUT2D eigenvalue weighted by Gasteiger charge is -2.25. The van der Waals surface area contributed by atoms with Crippen molar-refractivity contribution in [3.63, 3.8) is 0 Å². The standard InChI is InChI=1S/C19H33N3OS/c1-6-15(7-2)17(23)22-10-8-9-21(11-12-22)13-16-14-24-18(20-16)19(3,4)5/h14-15H,6-13H2,1-5H3. The summed E-state index contributed by atoms with van der Waals surface area (Å²) in [6, 6.07) is 0. The average Bonchev–Trinajstić information content (AvgIpc) is 2.88. The van der Waals surface area contributed by atoms with E-state index in [1.807, 2.05) is 0 Å². The molecule has 136 valence electrons. The first-order chi connectivity index (χ1) is 11.3. The Hall–Kier alpha value is -0.940. The molecule has 0 radical (unpaired) electrons. The lowest BCUT2D eigenvalue weighted by molar-refractivity contribution is -0.135. The van der Waals surface area contributed by atoms with Gasteiger partial charge in [0.05, 0.1) is 10.7 Å². The molecular formula is C19H33N3OS. The van der Waals surface area contributed by atoms with Crippen LogP contribution < -0.4 is 0 Å². The topological polar surface area (TPSA) is 36.4 Å². The van der Waals surface area contributed by atoms with Crippen molar-refractivity contribution in [2.24, 2.45) is 5.92 Å². The molecule has 1 amide bonds. The van der Waals surface area contributed by atoms with Gasteiger partial charge in [0.15, 0.2) is 0 Å². The van der Waals surface area contributed by atoms with Crippen LogP contribution in [0.2, 0.25) is 0 Å². The van der Waals surface area contributed by atoms with Crippen LogP contribution in [-0.2, 0) is 16.8 Å². The zero-order valence-electron chi connectivity index (χ0n) is 16.0. The van der Waals surface area contributed by atoms with Gasteiger partial charge in [-0.1, -0.05) is 34.6 Å². The average molecular weight is 352 g/mol. The molecule has 1 fully saturated rings. The second kappa shape index (κ2) is 8.43. The van der Waals surface area contributed by atoms with Crippen molar-refractivity contribution in [3.05, 3.63) is 16.1 Å². The molecule has 0 bridgehead atoms. The third-order valence-corrected chi connectivity index (χ3v) is 6.13. The third kappa shape index (κ3) is 5.03. The monoisotopic (exact) mass is 351 g/mol. The van der Waals surface area contributed by atoms with Gasteiger partial charge in [0, 0.05) is 49.4 Å². The summed E-state index contributed by atoms with van der Waals surface area (Å²) in [6.07, 6.45) is 2.95. The molecule has 0 aromatic carbocycles. The van der Waals surface area contributed by atoms with E-state index in [4.69, 9.17) is 4.98 Å². The molecule has 5 heteroatoms. The minimum Gasteiger partial charge on any atom is -0.341 e. The van der Waals surface area contributed by atoms with Crippen LogP contribution in [0.5, 0.6) is 0 Å². The van der Waals surface area contributed by atoms with E-state index in [0.717, 1.165) is 52.0 Å². The van der Waals surface area contributed by atoms with Gasteiger partial charge in [0.1, 0.15) is 0 Å². The van der Waals surface area contributed by atoms with Crippen LogP contribution in [0, 0.1) is 5.92 Å². The fourth-order valence-electron chi connectivity index (χ4n) is 3.20. The fourth-order valence-corrected chi connectivity index (χ4v) is 4.10. The molecule has 0 N–H and O–H groups in total. The van der Waals surface area contributed by atoms with Gasteiger partial charge in [-0.15, -0.1) is 11.3 Å². The number of rotatable bonds is 5. The minimum absolute atomic E-state index is 0.125. The maximum Gasteiger partial charge on any atom is 0.225 e. The highest BCUT2D eigenvalue weighted by atomic mass is 32.1. The lowest BCUT2D eigenvalue weighted by atomic mass is 9.98. The molecule has 2 rings (SSSR count). The zero-order valence-corrected chi connectivity index (χ0v) is 16.8. The quantitative estimate of drug-likeness (QED) is 0.807. The Morgan fingerprint density at radius 3 is 2.50 bits per heavy atom. The number of carbonyl (C=O) groups excluding carboxylic acids is 1. The molecule has 1 aliphatic heterocycles. The van der Waals surface area contributed by atoms with Gasteiger partial charge < -0.3 is 4.90 Å². The Morgan fingerprint density at radius 1 is 1.21 bits per heavy atom. The van der Waals surface area contributed by atoms with Crippen molar-refractivity contribution in [3.8, 4) is 0 Å². The Bertz CT molecular complexity index is 531. The van der Waals surface area contributed by atoms with Crippen LogP contribution >= 0.6 is 11.3 Å². The van der Waals surface area contributed by atoms with E-state index in [-0.39, 0.29) is 11.3 Å². The first kappa shape index (κ1) is 19.4. The third-order valence-electron chi connectivity index (χ3n) is 4.81. The van der Waals surface area contributed by atoms with E-state index in [1.165, 1.54) is 10.7 Å². The number of nitrogens with zero attached hydrogens (tertiary/aromatic N) is 3. The van der Waals surface area contributed by atoms with E-state index in [2.05, 4.69) is 49.8 Å². The van der Waals surface area contributed by atoms with Crippen molar-refractivity contribution in [2.45, 2.75) is 65.8 Å². The highest BCUT2D eigenvalue weighted by Crippen LogP contribution is 2.26. The van der Waals surface area contributed by atoms with E-state index >= 15 is 0 Å². The van der Waals surface area contributed by atoms with Gasteiger partial charge in [-0.3, -0.25) is 9.69 Å². The zero-order chi connectivity index (χ0) is 17.7. The van der Waals surface area contributed by atoms with Gasteiger partial charge in [-0.05, 0) is 19.3 Å². The first-order valence-corrected chi connectivity index (χ1v) is 10.2. The van der Waals surface area contributed by atoms with Gasteiger partial charge in [0.25, 0.3) is 0 Å². The molecule has 1 aromatic heterocycles. The van der Waals surface area contributed by atoms with Crippen LogP contribution in [0.4, 0.5) is 0 Å². The van der Waals surface area contributed by atoms with Gasteiger partial charge in [-0.25, -0.2) is 4.98 Å². The Kier molecular flexibility index (Phi) is 6.81. The summed E-state index contributed by atoms with van der Waals surface area (Å²) >= 11 is 1.76. The summed E-state index contributed by atoms with van der Waals surface area (Å²) in [6.45, 7) is 15.5. The summed E-state index contributed by atoms with van der Waals surface area (Å²) in [4.78, 5) is 21.9. The maximum atomic E-state index is 12.6. The van der Waals surface area contributed by atoms with Crippen LogP contribution in [-0.4, -0.2) is 46.9 Å². The summed E-state index contributed by atoms with van der Waals surface area (Å²) in [5.74, 6) is 0.551. The van der Waals surface area contributed by atoms with Crippen LogP contribution in [0.3, 0.4) is 0 Å². The Balaban J connectivity index is 1.91. The van der Waals surface area contributed by atoms with E-state index in [1.54, 1.807) is 11.3 Å². The van der Waals surface area contributed by atoms with Crippen LogP contribution in [0.25, 0.3) is 0 Å². The van der Waals surface area contributed by atoms with Gasteiger partial charge in [0.2, 0.25) is 5.91 Å². The maximum absolute atomic E-state index is 12.6. The highest BCUT2D eigenvalue weighted by Gasteiger charge is 2.24. The fraction of sp³-hybridized carbons (Fsp3) is 0.789. The molecule has 1 aromatic rings. The predicted molar refractivity (Wildman–Crippen MR) is 101 cm³/mol. The summed E-state index contributed by atoms with van der Waals surface area (Å²) < 4.78 is 0. The molecule has 0 spiro atoms. The molecule has 4 nitrogen and oxygen atoms in total. The molecule has 1 aliphatic rings. The lowest BCUT2D eigenvalue weighted by Crippen LogP contribution is -2.38. The van der Waals surface area contributed by atoms with Crippen molar-refractivity contribution in [1.29, 1.82) is 0 Å². The molecule has 0 unspecified atom stereocenters. The summed E-state index contributed by atoms with van der Waals surface area (Å²) in [7, 11) is 0. The van der Waals surface area contributed by atoms with E-state index in [9.17, 15) is 4.79 Å². The van der Waals surface area contributed by atoms with Crippen LogP contribution in [0.15, 0.2) is 5.38 Å². The number of hydrogen-bond acceptors (Lipinski definition) is 4. The Labute approximate surface area is 151 Å². The number of carbonyl (C=O) groups is 1. The molecule has 1 saturated heterocycles.